The minimum Gasteiger partial charge on any atom is -0.478 e. The quantitative estimate of drug-likeness (QED) is 0.656. The maximum absolute atomic E-state index is 12.8. The van der Waals surface area contributed by atoms with Gasteiger partial charge in [-0.1, -0.05) is 24.3 Å². The summed E-state index contributed by atoms with van der Waals surface area (Å²) in [5, 5.41) is 14.8. The molecule has 6 heteroatoms. The Labute approximate surface area is 167 Å². The lowest BCUT2D eigenvalue weighted by Gasteiger charge is -2.10. The topological polar surface area (TPSA) is 83.1 Å². The van der Waals surface area contributed by atoms with E-state index in [-0.39, 0.29) is 11.5 Å². The molecule has 1 amide bonds. The number of carbonyl (C=O) groups is 2. The Bertz CT molecular complexity index is 1170. The number of carbonyl (C=O) groups excluding carboxylic acids is 1. The Morgan fingerprint density at radius 2 is 1.83 bits per heavy atom. The Morgan fingerprint density at radius 3 is 2.52 bits per heavy atom. The van der Waals surface area contributed by atoms with Crippen LogP contribution in [0, 0.1) is 6.92 Å². The molecule has 4 rings (SSSR count). The molecule has 0 radical (unpaired) electrons. The summed E-state index contributed by atoms with van der Waals surface area (Å²) in [6.07, 6.45) is 1.68. The SMILES string of the molecule is CC1=NN(c2ccccc2)C(=O)/C1=C/c1ccc(-c2ccc(C(=O)O)cc2C)o1. The maximum Gasteiger partial charge on any atom is 0.335 e. The van der Waals surface area contributed by atoms with E-state index in [1.54, 1.807) is 43.3 Å². The van der Waals surface area contributed by atoms with Gasteiger partial charge in [-0.25, -0.2) is 4.79 Å². The van der Waals surface area contributed by atoms with Crippen molar-refractivity contribution >= 4 is 29.4 Å². The molecule has 0 unspecified atom stereocenters. The second-order valence-electron chi connectivity index (χ2n) is 6.73. The van der Waals surface area contributed by atoms with Crippen LogP contribution in [0.1, 0.15) is 28.6 Å². The highest BCUT2D eigenvalue weighted by molar-refractivity contribution is 6.32. The number of rotatable bonds is 4. The predicted molar refractivity (Wildman–Crippen MR) is 111 cm³/mol. The Morgan fingerprint density at radius 1 is 1.07 bits per heavy atom. The van der Waals surface area contributed by atoms with E-state index in [1.807, 2.05) is 37.3 Å². The van der Waals surface area contributed by atoms with Crippen LogP contribution in [-0.2, 0) is 4.79 Å². The van der Waals surface area contributed by atoms with Gasteiger partial charge in [0.15, 0.2) is 0 Å². The molecule has 0 aliphatic carbocycles. The van der Waals surface area contributed by atoms with E-state index >= 15 is 0 Å². The molecule has 0 atom stereocenters. The number of para-hydroxylation sites is 1. The first-order valence-electron chi connectivity index (χ1n) is 9.05. The normalized spacial score (nSPS) is 15.1. The van der Waals surface area contributed by atoms with Crippen molar-refractivity contribution in [1.82, 2.24) is 0 Å². The van der Waals surface area contributed by atoms with Gasteiger partial charge in [-0.15, -0.1) is 0 Å². The number of hydrogen-bond donors (Lipinski definition) is 1. The first kappa shape index (κ1) is 18.4. The summed E-state index contributed by atoms with van der Waals surface area (Å²) in [5.41, 5.74) is 3.60. The van der Waals surface area contributed by atoms with Gasteiger partial charge < -0.3 is 9.52 Å². The van der Waals surface area contributed by atoms with Gasteiger partial charge in [0.25, 0.3) is 5.91 Å². The number of anilines is 1. The van der Waals surface area contributed by atoms with E-state index in [1.165, 1.54) is 5.01 Å². The summed E-state index contributed by atoms with van der Waals surface area (Å²) in [5.74, 6) is -0.0589. The lowest BCUT2D eigenvalue weighted by Crippen LogP contribution is -2.21. The van der Waals surface area contributed by atoms with Crippen molar-refractivity contribution in [3.05, 3.63) is 83.1 Å². The predicted octanol–water partition coefficient (Wildman–Crippen LogP) is 4.76. The maximum atomic E-state index is 12.8. The van der Waals surface area contributed by atoms with E-state index < -0.39 is 5.97 Å². The second-order valence-corrected chi connectivity index (χ2v) is 6.73. The number of carboxylic acids is 1. The van der Waals surface area contributed by atoms with E-state index in [4.69, 9.17) is 9.52 Å². The van der Waals surface area contributed by atoms with Crippen LogP contribution in [0.15, 0.2) is 75.8 Å². The number of benzene rings is 2. The van der Waals surface area contributed by atoms with Crippen molar-refractivity contribution in [1.29, 1.82) is 0 Å². The molecule has 1 aliphatic rings. The molecule has 2 heterocycles. The smallest absolute Gasteiger partial charge is 0.335 e. The van der Waals surface area contributed by atoms with E-state index in [2.05, 4.69) is 5.10 Å². The van der Waals surface area contributed by atoms with Crippen molar-refractivity contribution in [2.45, 2.75) is 13.8 Å². The summed E-state index contributed by atoms with van der Waals surface area (Å²) in [6, 6.07) is 17.7. The molecular weight excluding hydrogens is 368 g/mol. The van der Waals surface area contributed by atoms with E-state index in [0.29, 0.717) is 28.5 Å². The number of aromatic carboxylic acids is 1. The van der Waals surface area contributed by atoms with Gasteiger partial charge in [0.2, 0.25) is 0 Å². The van der Waals surface area contributed by atoms with Crippen LogP contribution in [0.25, 0.3) is 17.4 Å². The summed E-state index contributed by atoms with van der Waals surface area (Å²) in [7, 11) is 0. The molecular formula is C23H18N2O4. The van der Waals surface area contributed by atoms with Crippen LogP contribution >= 0.6 is 0 Å². The monoisotopic (exact) mass is 386 g/mol. The molecule has 1 N–H and O–H groups in total. The van der Waals surface area contributed by atoms with Gasteiger partial charge in [-0.05, 0) is 61.9 Å². The highest BCUT2D eigenvalue weighted by Gasteiger charge is 2.29. The van der Waals surface area contributed by atoms with Crippen LogP contribution in [0.2, 0.25) is 0 Å². The number of hydrogen-bond acceptors (Lipinski definition) is 4. The van der Waals surface area contributed by atoms with Crippen molar-refractivity contribution in [3.8, 4) is 11.3 Å². The molecule has 3 aromatic rings. The standard InChI is InChI=1S/C23H18N2O4/c1-14-12-16(23(27)28)8-10-19(14)21-11-9-18(29-21)13-20-15(2)24-25(22(20)26)17-6-4-3-5-7-17/h3-13H,1-2H3,(H,27,28)/b20-13+. The van der Waals surface area contributed by atoms with Gasteiger partial charge in [0, 0.05) is 5.56 Å². The molecule has 6 nitrogen and oxygen atoms in total. The molecule has 29 heavy (non-hydrogen) atoms. The highest BCUT2D eigenvalue weighted by Crippen LogP contribution is 2.29. The van der Waals surface area contributed by atoms with Crippen molar-refractivity contribution < 1.29 is 19.1 Å². The number of hydrazone groups is 1. The molecule has 1 aromatic heterocycles. The van der Waals surface area contributed by atoms with Crippen LogP contribution < -0.4 is 5.01 Å². The minimum absolute atomic E-state index is 0.214. The zero-order valence-corrected chi connectivity index (χ0v) is 15.9. The Balaban J connectivity index is 1.62. The second kappa shape index (κ2) is 7.24. The average molecular weight is 386 g/mol. The average Bonchev–Trinajstić information content (AvgIpc) is 3.28. The summed E-state index contributed by atoms with van der Waals surface area (Å²) in [6.45, 7) is 3.61. The highest BCUT2D eigenvalue weighted by atomic mass is 16.4. The van der Waals surface area contributed by atoms with Crippen LogP contribution in [0.5, 0.6) is 0 Å². The van der Waals surface area contributed by atoms with Gasteiger partial charge in [0.1, 0.15) is 11.5 Å². The van der Waals surface area contributed by atoms with Gasteiger partial charge >= 0.3 is 5.97 Å². The molecule has 2 aromatic carbocycles. The third-order valence-electron chi connectivity index (χ3n) is 4.72. The lowest BCUT2D eigenvalue weighted by atomic mass is 10.0. The minimum atomic E-state index is -0.970. The third kappa shape index (κ3) is 3.48. The fourth-order valence-corrected chi connectivity index (χ4v) is 3.22. The summed E-state index contributed by atoms with van der Waals surface area (Å²) >= 11 is 0. The molecule has 144 valence electrons. The fourth-order valence-electron chi connectivity index (χ4n) is 3.22. The zero-order chi connectivity index (χ0) is 20.5. The van der Waals surface area contributed by atoms with Crippen LogP contribution in [0.3, 0.4) is 0 Å². The fraction of sp³-hybridized carbons (Fsp3) is 0.0870. The van der Waals surface area contributed by atoms with Crippen LogP contribution in [0.4, 0.5) is 5.69 Å². The van der Waals surface area contributed by atoms with Crippen LogP contribution in [-0.4, -0.2) is 22.7 Å². The van der Waals surface area contributed by atoms with Gasteiger partial charge in [0.05, 0.1) is 22.5 Å². The molecule has 0 saturated carbocycles. The zero-order valence-electron chi connectivity index (χ0n) is 15.9. The third-order valence-corrected chi connectivity index (χ3v) is 4.72. The first-order chi connectivity index (χ1) is 13.9. The molecule has 0 spiro atoms. The lowest BCUT2D eigenvalue weighted by molar-refractivity contribution is -0.114. The number of furan rings is 1. The van der Waals surface area contributed by atoms with Crippen molar-refractivity contribution in [2.24, 2.45) is 5.10 Å². The summed E-state index contributed by atoms with van der Waals surface area (Å²) < 4.78 is 5.90. The summed E-state index contributed by atoms with van der Waals surface area (Å²) in [4.78, 5) is 23.9. The largest absolute Gasteiger partial charge is 0.478 e. The van der Waals surface area contributed by atoms with Gasteiger partial charge in [-0.3, -0.25) is 4.79 Å². The first-order valence-corrected chi connectivity index (χ1v) is 9.05. The molecule has 0 bridgehead atoms. The Hall–Kier alpha value is -3.93. The van der Waals surface area contributed by atoms with E-state index in [9.17, 15) is 9.59 Å². The van der Waals surface area contributed by atoms with E-state index in [0.717, 1.165) is 11.1 Å². The number of aryl methyl sites for hydroxylation is 1. The Kier molecular flexibility index (Phi) is 4.60. The number of nitrogens with zero attached hydrogens (tertiary/aromatic N) is 2. The van der Waals surface area contributed by atoms with Crippen molar-refractivity contribution in [2.75, 3.05) is 5.01 Å². The number of carboxylic acid groups (broad SMARTS) is 1. The van der Waals surface area contributed by atoms with Gasteiger partial charge in [-0.2, -0.15) is 10.1 Å². The number of amides is 1. The van der Waals surface area contributed by atoms with Crippen molar-refractivity contribution in [3.63, 3.8) is 0 Å². The molecule has 0 fully saturated rings. The molecule has 0 saturated heterocycles. The molecule has 1 aliphatic heterocycles.